The first-order chi connectivity index (χ1) is 9.19. The van der Waals surface area contributed by atoms with E-state index in [0.29, 0.717) is 11.4 Å². The van der Waals surface area contributed by atoms with E-state index in [0.717, 1.165) is 4.90 Å². The Balaban J connectivity index is 2.67. The highest BCUT2D eigenvalue weighted by Crippen LogP contribution is 2.33. The van der Waals surface area contributed by atoms with Gasteiger partial charge in [0.25, 0.3) is 0 Å². The lowest BCUT2D eigenvalue weighted by Crippen LogP contribution is -2.24. The summed E-state index contributed by atoms with van der Waals surface area (Å²) in [5.41, 5.74) is 6.15. The van der Waals surface area contributed by atoms with E-state index in [-0.39, 0.29) is 17.8 Å². The largest absolute Gasteiger partial charge is 0.489 e. The van der Waals surface area contributed by atoms with Crippen molar-refractivity contribution in [3.8, 4) is 5.75 Å². The maximum absolute atomic E-state index is 11.7. The summed E-state index contributed by atoms with van der Waals surface area (Å²) in [5.74, 6) is 0.623. The Morgan fingerprint density at radius 3 is 2.55 bits per heavy atom. The lowest BCUT2D eigenvalue weighted by atomic mass is 10.2. The standard InChI is InChI=1S/C15H23NO3S/c1-10(2)18-11-7-6-8-12(14(11)16)20-9-13(17)19-15(3,4)5/h6-8,10H,9,16H2,1-5H3. The highest BCUT2D eigenvalue weighted by molar-refractivity contribution is 8.00. The predicted octanol–water partition coefficient (Wildman–Crippen LogP) is 3.49. The number of nitrogen functional groups attached to an aromatic ring is 1. The van der Waals surface area contributed by atoms with Crippen LogP contribution >= 0.6 is 11.8 Å². The normalized spacial score (nSPS) is 11.5. The van der Waals surface area contributed by atoms with Gasteiger partial charge in [0.15, 0.2) is 0 Å². The molecule has 0 aliphatic carbocycles. The Morgan fingerprint density at radius 2 is 2.00 bits per heavy atom. The molecule has 0 bridgehead atoms. The van der Waals surface area contributed by atoms with Crippen LogP contribution in [0.5, 0.6) is 5.75 Å². The fourth-order valence-corrected chi connectivity index (χ4v) is 2.28. The van der Waals surface area contributed by atoms with Crippen molar-refractivity contribution < 1.29 is 14.3 Å². The summed E-state index contributed by atoms with van der Waals surface area (Å²) < 4.78 is 10.9. The van der Waals surface area contributed by atoms with Crippen LogP contribution in [0.25, 0.3) is 0 Å². The lowest BCUT2D eigenvalue weighted by molar-refractivity contribution is -0.151. The number of para-hydroxylation sites is 1. The first kappa shape index (κ1) is 16.7. The number of hydrogen-bond donors (Lipinski definition) is 1. The van der Waals surface area contributed by atoms with Crippen LogP contribution in [-0.2, 0) is 9.53 Å². The molecule has 1 aromatic carbocycles. The van der Waals surface area contributed by atoms with Crippen LogP contribution in [0.2, 0.25) is 0 Å². The van der Waals surface area contributed by atoms with Gasteiger partial charge in [0, 0.05) is 4.90 Å². The van der Waals surface area contributed by atoms with Crippen molar-refractivity contribution >= 4 is 23.4 Å². The zero-order valence-electron chi connectivity index (χ0n) is 12.7. The third-order valence-corrected chi connectivity index (χ3v) is 3.20. The molecular formula is C15H23NO3S. The average Bonchev–Trinajstić information content (AvgIpc) is 2.27. The predicted molar refractivity (Wildman–Crippen MR) is 83.2 cm³/mol. The van der Waals surface area contributed by atoms with E-state index in [9.17, 15) is 4.79 Å². The molecule has 1 rings (SSSR count). The summed E-state index contributed by atoms with van der Waals surface area (Å²) in [4.78, 5) is 12.5. The van der Waals surface area contributed by atoms with E-state index in [1.807, 2.05) is 52.8 Å². The first-order valence-corrected chi connectivity index (χ1v) is 7.57. The zero-order valence-corrected chi connectivity index (χ0v) is 13.5. The number of esters is 1. The fraction of sp³-hybridized carbons (Fsp3) is 0.533. The number of ether oxygens (including phenoxy) is 2. The fourth-order valence-electron chi connectivity index (χ4n) is 1.51. The van der Waals surface area contributed by atoms with Crippen molar-refractivity contribution in [2.45, 2.75) is 51.2 Å². The molecule has 0 atom stereocenters. The maximum atomic E-state index is 11.7. The summed E-state index contributed by atoms with van der Waals surface area (Å²) in [7, 11) is 0. The Morgan fingerprint density at radius 1 is 1.35 bits per heavy atom. The highest BCUT2D eigenvalue weighted by Gasteiger charge is 2.17. The molecule has 0 aliphatic rings. The number of nitrogens with two attached hydrogens (primary N) is 1. The summed E-state index contributed by atoms with van der Waals surface area (Å²) in [6.07, 6.45) is 0.0587. The Bertz CT molecular complexity index is 467. The molecule has 1 aromatic rings. The second kappa shape index (κ2) is 6.88. The minimum atomic E-state index is -0.466. The van der Waals surface area contributed by atoms with E-state index in [2.05, 4.69) is 0 Å². The van der Waals surface area contributed by atoms with Gasteiger partial charge in [-0.3, -0.25) is 4.79 Å². The van der Waals surface area contributed by atoms with E-state index < -0.39 is 5.60 Å². The van der Waals surface area contributed by atoms with Gasteiger partial charge in [-0.05, 0) is 46.8 Å². The van der Waals surface area contributed by atoms with Crippen LogP contribution in [0.15, 0.2) is 23.1 Å². The monoisotopic (exact) mass is 297 g/mol. The van der Waals surface area contributed by atoms with Gasteiger partial charge in [-0.1, -0.05) is 6.07 Å². The average molecular weight is 297 g/mol. The number of anilines is 1. The Kier molecular flexibility index (Phi) is 5.74. The minimum absolute atomic E-state index is 0.0587. The van der Waals surface area contributed by atoms with Gasteiger partial charge >= 0.3 is 5.97 Å². The van der Waals surface area contributed by atoms with Gasteiger partial charge in [0.2, 0.25) is 0 Å². The molecule has 0 radical (unpaired) electrons. The number of hydrogen-bond acceptors (Lipinski definition) is 5. The van der Waals surface area contributed by atoms with E-state index in [4.69, 9.17) is 15.2 Å². The molecule has 0 fully saturated rings. The van der Waals surface area contributed by atoms with Crippen LogP contribution in [0.3, 0.4) is 0 Å². The van der Waals surface area contributed by atoms with Gasteiger partial charge in [0.1, 0.15) is 11.4 Å². The third-order valence-electron chi connectivity index (χ3n) is 2.15. The molecule has 0 unspecified atom stereocenters. The molecule has 0 aromatic heterocycles. The van der Waals surface area contributed by atoms with E-state index in [1.165, 1.54) is 11.8 Å². The molecule has 5 heteroatoms. The number of rotatable bonds is 5. The third kappa shape index (κ3) is 5.74. The van der Waals surface area contributed by atoms with Crippen LogP contribution in [0.4, 0.5) is 5.69 Å². The van der Waals surface area contributed by atoms with E-state index >= 15 is 0 Å². The van der Waals surface area contributed by atoms with Crippen molar-refractivity contribution in [3.63, 3.8) is 0 Å². The number of thioether (sulfide) groups is 1. The topological polar surface area (TPSA) is 61.5 Å². The van der Waals surface area contributed by atoms with Crippen LogP contribution in [0, 0.1) is 0 Å². The number of carbonyl (C=O) groups excluding carboxylic acids is 1. The molecule has 0 aliphatic heterocycles. The van der Waals surface area contributed by atoms with Gasteiger partial charge < -0.3 is 15.2 Å². The maximum Gasteiger partial charge on any atom is 0.316 e. The van der Waals surface area contributed by atoms with Crippen molar-refractivity contribution in [2.24, 2.45) is 0 Å². The van der Waals surface area contributed by atoms with Crippen LogP contribution in [0.1, 0.15) is 34.6 Å². The molecule has 4 nitrogen and oxygen atoms in total. The second-order valence-corrected chi connectivity index (χ2v) is 6.73. The molecule has 0 saturated carbocycles. The van der Waals surface area contributed by atoms with Crippen molar-refractivity contribution in [3.05, 3.63) is 18.2 Å². The lowest BCUT2D eigenvalue weighted by Gasteiger charge is -2.19. The zero-order chi connectivity index (χ0) is 15.3. The first-order valence-electron chi connectivity index (χ1n) is 6.59. The van der Waals surface area contributed by atoms with Gasteiger partial charge in [-0.2, -0.15) is 0 Å². The molecule has 0 spiro atoms. The number of benzene rings is 1. The molecular weight excluding hydrogens is 274 g/mol. The van der Waals surface area contributed by atoms with Gasteiger partial charge in [-0.15, -0.1) is 11.8 Å². The molecule has 20 heavy (non-hydrogen) atoms. The second-order valence-electron chi connectivity index (χ2n) is 5.71. The van der Waals surface area contributed by atoms with E-state index in [1.54, 1.807) is 0 Å². The molecule has 0 heterocycles. The summed E-state index contributed by atoms with van der Waals surface area (Å²) in [6.45, 7) is 9.43. The van der Waals surface area contributed by atoms with Gasteiger partial charge in [0.05, 0.1) is 17.5 Å². The van der Waals surface area contributed by atoms with Gasteiger partial charge in [-0.25, -0.2) is 0 Å². The van der Waals surface area contributed by atoms with Crippen LogP contribution in [-0.4, -0.2) is 23.4 Å². The Hall–Kier alpha value is -1.36. The SMILES string of the molecule is CC(C)Oc1cccc(SCC(=O)OC(C)(C)C)c1N. The highest BCUT2D eigenvalue weighted by atomic mass is 32.2. The molecule has 112 valence electrons. The smallest absolute Gasteiger partial charge is 0.316 e. The summed E-state index contributed by atoms with van der Waals surface area (Å²) in [5, 5.41) is 0. The van der Waals surface area contributed by atoms with Crippen molar-refractivity contribution in [1.29, 1.82) is 0 Å². The number of carbonyl (C=O) groups is 1. The summed E-state index contributed by atoms with van der Waals surface area (Å²) in [6, 6.07) is 5.57. The minimum Gasteiger partial charge on any atom is -0.489 e. The summed E-state index contributed by atoms with van der Waals surface area (Å²) >= 11 is 1.36. The van der Waals surface area contributed by atoms with Crippen LogP contribution < -0.4 is 10.5 Å². The molecule has 0 amide bonds. The van der Waals surface area contributed by atoms with Crippen molar-refractivity contribution in [1.82, 2.24) is 0 Å². The Labute approximate surface area is 125 Å². The molecule has 2 N–H and O–H groups in total. The molecule has 0 saturated heterocycles. The van der Waals surface area contributed by atoms with Crippen molar-refractivity contribution in [2.75, 3.05) is 11.5 Å². The quantitative estimate of drug-likeness (QED) is 0.512.